The summed E-state index contributed by atoms with van der Waals surface area (Å²) in [6.07, 6.45) is 0. The average molecular weight is 338 g/mol. The van der Waals surface area contributed by atoms with Crippen LogP contribution in [0.25, 0.3) is 0 Å². The molecule has 0 heterocycles. The SMILES string of the molecule is Cl.[LiH].[Tl].[Y]. The molecule has 0 atom stereocenters. The zero-order valence-electron chi connectivity index (χ0n) is 1.56. The maximum Gasteiger partial charge on any atom is 0 e. The van der Waals surface area contributed by atoms with Gasteiger partial charge in [0.15, 0.2) is 0 Å². The predicted molar refractivity (Wildman–Crippen MR) is 20.2 cm³/mol. The molecule has 0 unspecified atom stereocenters. The zero-order valence-corrected chi connectivity index (χ0v) is 9.71. The van der Waals surface area contributed by atoms with Crippen molar-refractivity contribution in [3.8, 4) is 0 Å². The van der Waals surface area contributed by atoms with Crippen LogP contribution in [0.4, 0.5) is 0 Å². The van der Waals surface area contributed by atoms with Gasteiger partial charge in [-0.05, 0) is 0 Å². The maximum atomic E-state index is 0. The van der Waals surface area contributed by atoms with Gasteiger partial charge >= 0.3 is 18.9 Å². The number of halogens is 1. The molecular weight excluding hydrogens is 336 g/mol. The molecule has 0 amide bonds. The van der Waals surface area contributed by atoms with Crippen LogP contribution in [0.3, 0.4) is 0 Å². The van der Waals surface area contributed by atoms with Gasteiger partial charge in [-0.1, -0.05) is 0 Å². The molecule has 4 heavy (non-hydrogen) atoms. The third-order valence-corrected chi connectivity index (χ3v) is 0. The molecule has 16 valence electrons. The summed E-state index contributed by atoms with van der Waals surface area (Å²) in [5, 5.41) is 0. The average Bonchev–Trinajstić information content (AvgIpc) is 0. The number of hydrogen-bond donors (Lipinski definition) is 0. The molecule has 0 rings (SSSR count). The fourth-order valence-electron chi connectivity index (χ4n) is 0. The molecule has 0 saturated carbocycles. The van der Waals surface area contributed by atoms with Crippen LogP contribution in [0.2, 0.25) is 0 Å². The number of hydrogen-bond acceptors (Lipinski definition) is 0. The largest absolute Gasteiger partial charge is 0 e. The van der Waals surface area contributed by atoms with Crippen LogP contribution in [0.5, 0.6) is 0 Å². The fourth-order valence-corrected chi connectivity index (χ4v) is 0. The molecule has 4 heteroatoms. The van der Waals surface area contributed by atoms with Crippen LogP contribution in [0, 0.1) is 0 Å². The van der Waals surface area contributed by atoms with Gasteiger partial charge in [-0.2, -0.15) is 0 Å². The van der Waals surface area contributed by atoms with Gasteiger partial charge in [-0.15, -0.1) is 12.4 Å². The van der Waals surface area contributed by atoms with Crippen molar-refractivity contribution in [2.24, 2.45) is 0 Å². The van der Waals surface area contributed by atoms with Gasteiger partial charge < -0.3 is 0 Å². The Hall–Kier alpha value is 2.91. The van der Waals surface area contributed by atoms with E-state index in [1.807, 2.05) is 0 Å². The van der Waals surface area contributed by atoms with Gasteiger partial charge in [0.25, 0.3) is 0 Å². The minimum absolute atomic E-state index is 0. The van der Waals surface area contributed by atoms with Crippen molar-refractivity contribution in [3.05, 3.63) is 0 Å². The Morgan fingerprint density at radius 3 is 1.00 bits per heavy atom. The van der Waals surface area contributed by atoms with Crippen molar-refractivity contribution in [1.29, 1.82) is 0 Å². The van der Waals surface area contributed by atoms with E-state index in [1.165, 1.54) is 0 Å². The Bertz CT molecular complexity index is 8.00. The van der Waals surface area contributed by atoms with Crippen LogP contribution in [0.15, 0.2) is 0 Å². The molecule has 0 nitrogen and oxygen atoms in total. The normalized spacial score (nSPS) is 0. The summed E-state index contributed by atoms with van der Waals surface area (Å²) in [5.41, 5.74) is 0. The molecule has 0 fully saturated rings. The molecule has 0 aromatic heterocycles. The topological polar surface area (TPSA) is 0 Å². The first-order chi connectivity index (χ1) is 0. The molecule has 0 aliphatic heterocycles. The molecule has 0 aliphatic carbocycles. The summed E-state index contributed by atoms with van der Waals surface area (Å²) in [6.45, 7) is 0. The van der Waals surface area contributed by atoms with Crippen molar-refractivity contribution in [3.63, 3.8) is 0 Å². The van der Waals surface area contributed by atoms with E-state index < -0.39 is 0 Å². The summed E-state index contributed by atoms with van der Waals surface area (Å²) in [4.78, 5) is 0. The second kappa shape index (κ2) is 16.8. The summed E-state index contributed by atoms with van der Waals surface area (Å²) in [7, 11) is 0. The summed E-state index contributed by atoms with van der Waals surface area (Å²) >= 11 is 0. The molecule has 0 aromatic carbocycles. The molecule has 0 bridgehead atoms. The molecule has 0 saturated heterocycles. The molecule has 0 N–H and O–H groups in total. The quantitative estimate of drug-likeness (QED) is 0.518. The Balaban J connectivity index is 0. The minimum Gasteiger partial charge on any atom is 0 e. The Morgan fingerprint density at radius 1 is 1.00 bits per heavy atom. The van der Waals surface area contributed by atoms with E-state index in [-0.39, 0.29) is 91.3 Å². The smallest absolute Gasteiger partial charge is 0 e. The predicted octanol–water partition coefficient (Wildman–Crippen LogP) is -0.610. The van der Waals surface area contributed by atoms with Crippen LogP contribution in [-0.4, -0.2) is 46.2 Å². The molecule has 2 radical (unpaired) electrons. The van der Waals surface area contributed by atoms with E-state index in [4.69, 9.17) is 0 Å². The summed E-state index contributed by atoms with van der Waals surface area (Å²) in [6, 6.07) is 0. The molecule has 0 spiro atoms. The molecule has 0 aromatic rings. The zero-order chi connectivity index (χ0) is 0. The second-order valence-electron chi connectivity index (χ2n) is 0. The van der Waals surface area contributed by atoms with E-state index in [1.54, 1.807) is 0 Å². The standard InChI is InChI=1S/ClH.Li.Tl.Y.H/h1H;;;;. The first-order valence-electron chi connectivity index (χ1n) is 0. The molecular formula is H2ClLiTlY. The minimum atomic E-state index is 0. The van der Waals surface area contributed by atoms with Crippen LogP contribution in [-0.2, 0) is 32.7 Å². The third-order valence-electron chi connectivity index (χ3n) is 0. The van der Waals surface area contributed by atoms with Gasteiger partial charge in [-0.25, -0.2) is 0 Å². The Kier molecular flexibility index (Phi) is 120. The van der Waals surface area contributed by atoms with E-state index >= 15 is 0 Å². The third kappa shape index (κ3) is 8.87. The monoisotopic (exact) mass is 338 g/mol. The van der Waals surface area contributed by atoms with Crippen molar-refractivity contribution in [1.82, 2.24) is 0 Å². The van der Waals surface area contributed by atoms with Crippen LogP contribution in [0.1, 0.15) is 0 Å². The van der Waals surface area contributed by atoms with Gasteiger partial charge in [0.05, 0.1) is 0 Å². The summed E-state index contributed by atoms with van der Waals surface area (Å²) < 4.78 is 0. The van der Waals surface area contributed by atoms with Crippen LogP contribution < -0.4 is 0 Å². The first-order valence-corrected chi connectivity index (χ1v) is 0. The van der Waals surface area contributed by atoms with Crippen molar-refractivity contribution in [2.75, 3.05) is 0 Å². The van der Waals surface area contributed by atoms with E-state index in [2.05, 4.69) is 0 Å². The first kappa shape index (κ1) is 28.5. The number of rotatable bonds is 0. The van der Waals surface area contributed by atoms with E-state index in [9.17, 15) is 0 Å². The van der Waals surface area contributed by atoms with Crippen molar-refractivity contribution in [2.45, 2.75) is 0 Å². The van der Waals surface area contributed by atoms with Crippen LogP contribution >= 0.6 is 12.4 Å². The van der Waals surface area contributed by atoms with Gasteiger partial charge in [-0.3, -0.25) is 0 Å². The van der Waals surface area contributed by atoms with Gasteiger partial charge in [0.1, 0.15) is 0 Å². The summed E-state index contributed by atoms with van der Waals surface area (Å²) in [5.74, 6) is 0. The Labute approximate surface area is 89.5 Å². The molecule has 0 aliphatic rings. The Morgan fingerprint density at radius 2 is 1.00 bits per heavy atom. The van der Waals surface area contributed by atoms with Gasteiger partial charge in [0.2, 0.25) is 0 Å². The van der Waals surface area contributed by atoms with E-state index in [0.29, 0.717) is 0 Å². The van der Waals surface area contributed by atoms with E-state index in [0.717, 1.165) is 0 Å². The van der Waals surface area contributed by atoms with Crippen molar-refractivity contribution < 1.29 is 32.7 Å². The van der Waals surface area contributed by atoms with Crippen molar-refractivity contribution >= 4 is 58.6 Å². The fraction of sp³-hybridized carbons (Fsp3) is 0. The van der Waals surface area contributed by atoms with Gasteiger partial charge in [0, 0.05) is 60.0 Å². The second-order valence-corrected chi connectivity index (χ2v) is 0. The maximum absolute atomic E-state index is 0.